The summed E-state index contributed by atoms with van der Waals surface area (Å²) in [5.74, 6) is 0.456. The van der Waals surface area contributed by atoms with Gasteiger partial charge in [0.1, 0.15) is 0 Å². The Morgan fingerprint density at radius 1 is 1.30 bits per heavy atom. The first-order valence-corrected chi connectivity index (χ1v) is 8.85. The van der Waals surface area contributed by atoms with Gasteiger partial charge in [-0.1, -0.05) is 37.6 Å². The molecule has 1 fully saturated rings. The highest BCUT2D eigenvalue weighted by Gasteiger charge is 2.41. The van der Waals surface area contributed by atoms with Gasteiger partial charge in [-0.3, -0.25) is 0 Å². The first kappa shape index (κ1) is 16.3. The number of carbonyl (C=O) groups excluding carboxylic acids is 1. The Hall–Kier alpha value is -1.55. The van der Waals surface area contributed by atoms with Crippen LogP contribution in [0.5, 0.6) is 0 Å². The van der Waals surface area contributed by atoms with E-state index in [1.165, 1.54) is 17.5 Å². The molecule has 23 heavy (non-hydrogen) atoms. The number of amides is 2. The minimum atomic E-state index is -0.0507. The van der Waals surface area contributed by atoms with E-state index in [0.717, 1.165) is 38.6 Å². The molecule has 0 bridgehead atoms. The number of urea groups is 1. The number of aliphatic hydroxyl groups excluding tert-OH is 1. The van der Waals surface area contributed by atoms with Gasteiger partial charge in [0.25, 0.3) is 0 Å². The van der Waals surface area contributed by atoms with E-state index < -0.39 is 0 Å². The van der Waals surface area contributed by atoms with Gasteiger partial charge in [0.15, 0.2) is 0 Å². The molecule has 126 valence electrons. The quantitative estimate of drug-likeness (QED) is 0.755. The van der Waals surface area contributed by atoms with Crippen molar-refractivity contribution in [3.63, 3.8) is 0 Å². The molecule has 0 radical (unpaired) electrons. The van der Waals surface area contributed by atoms with E-state index in [0.29, 0.717) is 5.92 Å². The average Bonchev–Trinajstić information content (AvgIpc) is 2.88. The lowest BCUT2D eigenvalue weighted by Crippen LogP contribution is -2.50. The molecule has 0 aliphatic heterocycles. The smallest absolute Gasteiger partial charge is 0.315 e. The molecule has 3 rings (SSSR count). The van der Waals surface area contributed by atoms with Crippen LogP contribution in [-0.2, 0) is 12.8 Å². The summed E-state index contributed by atoms with van der Waals surface area (Å²) in [6.07, 6.45) is 6.22. The SMILES string of the molecule is C[C@H](CCO)C1(CNC(=O)NC2Cc3ccccc3C2)CCC1. The van der Waals surface area contributed by atoms with E-state index in [-0.39, 0.29) is 24.1 Å². The fourth-order valence-corrected chi connectivity index (χ4v) is 4.13. The van der Waals surface area contributed by atoms with Crippen LogP contribution in [-0.4, -0.2) is 30.3 Å². The molecule has 1 saturated carbocycles. The molecule has 1 aromatic rings. The normalized spacial score (nSPS) is 20.4. The summed E-state index contributed by atoms with van der Waals surface area (Å²) >= 11 is 0. The number of carbonyl (C=O) groups is 1. The maximum atomic E-state index is 12.2. The van der Waals surface area contributed by atoms with Gasteiger partial charge in [0, 0.05) is 19.2 Å². The second kappa shape index (κ2) is 6.91. The summed E-state index contributed by atoms with van der Waals surface area (Å²) in [6, 6.07) is 8.57. The Labute approximate surface area is 138 Å². The molecule has 2 amide bonds. The van der Waals surface area contributed by atoms with Crippen LogP contribution in [0.4, 0.5) is 4.79 Å². The van der Waals surface area contributed by atoms with Crippen molar-refractivity contribution in [2.45, 2.75) is 51.5 Å². The summed E-state index contributed by atoms with van der Waals surface area (Å²) in [7, 11) is 0. The Morgan fingerprint density at radius 2 is 1.96 bits per heavy atom. The van der Waals surface area contributed by atoms with Crippen molar-refractivity contribution in [1.29, 1.82) is 0 Å². The maximum absolute atomic E-state index is 12.2. The van der Waals surface area contributed by atoms with Gasteiger partial charge in [-0.25, -0.2) is 4.79 Å². The lowest BCUT2D eigenvalue weighted by atomic mass is 9.60. The van der Waals surface area contributed by atoms with Gasteiger partial charge in [-0.2, -0.15) is 0 Å². The predicted octanol–water partition coefficient (Wildman–Crippen LogP) is 2.64. The van der Waals surface area contributed by atoms with Crippen molar-refractivity contribution in [3.8, 4) is 0 Å². The Bertz CT molecular complexity index is 529. The molecule has 4 heteroatoms. The standard InChI is InChI=1S/C19H28N2O2/c1-14(7-10-22)19(8-4-9-19)13-20-18(23)21-17-11-15-5-2-3-6-16(15)12-17/h2-3,5-6,14,17,22H,4,7-13H2,1H3,(H2,20,21,23)/t14-/m1/s1. The van der Waals surface area contributed by atoms with Crippen LogP contribution in [0.1, 0.15) is 43.7 Å². The molecule has 1 atom stereocenters. The number of hydrogen-bond acceptors (Lipinski definition) is 2. The minimum Gasteiger partial charge on any atom is -0.396 e. The lowest BCUT2D eigenvalue weighted by molar-refractivity contribution is 0.0456. The van der Waals surface area contributed by atoms with Crippen LogP contribution < -0.4 is 10.6 Å². The zero-order chi connectivity index (χ0) is 16.3. The maximum Gasteiger partial charge on any atom is 0.315 e. The second-order valence-corrected chi connectivity index (χ2v) is 7.33. The van der Waals surface area contributed by atoms with Crippen molar-refractivity contribution in [3.05, 3.63) is 35.4 Å². The number of aliphatic hydroxyl groups is 1. The lowest BCUT2D eigenvalue weighted by Gasteiger charge is -2.47. The highest BCUT2D eigenvalue weighted by Crippen LogP contribution is 2.47. The molecule has 3 N–H and O–H groups in total. The first-order chi connectivity index (χ1) is 11.1. The van der Waals surface area contributed by atoms with Gasteiger partial charge in [-0.05, 0) is 54.6 Å². The topological polar surface area (TPSA) is 61.4 Å². The molecule has 0 heterocycles. The first-order valence-electron chi connectivity index (χ1n) is 8.85. The number of fused-ring (bicyclic) bond motifs is 1. The third-order valence-corrected chi connectivity index (χ3v) is 5.94. The molecule has 2 aliphatic carbocycles. The van der Waals surface area contributed by atoms with E-state index in [2.05, 4.69) is 41.8 Å². The summed E-state index contributed by atoms with van der Waals surface area (Å²) in [5, 5.41) is 15.4. The molecular formula is C19H28N2O2. The van der Waals surface area contributed by atoms with Gasteiger partial charge >= 0.3 is 6.03 Å². The zero-order valence-corrected chi connectivity index (χ0v) is 14.0. The Balaban J connectivity index is 1.47. The largest absolute Gasteiger partial charge is 0.396 e. The highest BCUT2D eigenvalue weighted by atomic mass is 16.3. The van der Waals surface area contributed by atoms with Crippen molar-refractivity contribution in [1.82, 2.24) is 10.6 Å². The van der Waals surface area contributed by atoms with E-state index in [1.807, 2.05) is 0 Å². The summed E-state index contributed by atoms with van der Waals surface area (Å²) in [5.41, 5.74) is 2.90. The third-order valence-electron chi connectivity index (χ3n) is 5.94. The number of hydrogen-bond donors (Lipinski definition) is 3. The molecule has 0 spiro atoms. The second-order valence-electron chi connectivity index (χ2n) is 7.33. The van der Waals surface area contributed by atoms with Crippen LogP contribution in [0.15, 0.2) is 24.3 Å². The molecule has 2 aliphatic rings. The minimum absolute atomic E-state index is 0.0507. The molecule has 0 unspecified atom stereocenters. The molecule has 0 saturated heterocycles. The number of rotatable bonds is 6. The van der Waals surface area contributed by atoms with Crippen molar-refractivity contribution < 1.29 is 9.90 Å². The van der Waals surface area contributed by atoms with Crippen LogP contribution in [0, 0.1) is 11.3 Å². The van der Waals surface area contributed by atoms with Crippen LogP contribution in [0.25, 0.3) is 0 Å². The van der Waals surface area contributed by atoms with E-state index in [9.17, 15) is 9.90 Å². The fourth-order valence-electron chi connectivity index (χ4n) is 4.13. The molecule has 0 aromatic heterocycles. The predicted molar refractivity (Wildman–Crippen MR) is 91.3 cm³/mol. The van der Waals surface area contributed by atoms with Crippen LogP contribution >= 0.6 is 0 Å². The Morgan fingerprint density at radius 3 is 2.48 bits per heavy atom. The number of benzene rings is 1. The number of nitrogens with one attached hydrogen (secondary N) is 2. The monoisotopic (exact) mass is 316 g/mol. The molecule has 4 nitrogen and oxygen atoms in total. The molecular weight excluding hydrogens is 288 g/mol. The van der Waals surface area contributed by atoms with E-state index in [4.69, 9.17) is 0 Å². The Kier molecular flexibility index (Phi) is 4.90. The van der Waals surface area contributed by atoms with E-state index >= 15 is 0 Å². The van der Waals surface area contributed by atoms with Crippen molar-refractivity contribution in [2.75, 3.05) is 13.2 Å². The van der Waals surface area contributed by atoms with Gasteiger partial charge in [0.2, 0.25) is 0 Å². The zero-order valence-electron chi connectivity index (χ0n) is 14.0. The summed E-state index contributed by atoms with van der Waals surface area (Å²) in [4.78, 5) is 12.2. The highest BCUT2D eigenvalue weighted by molar-refractivity contribution is 5.74. The van der Waals surface area contributed by atoms with Crippen LogP contribution in [0.2, 0.25) is 0 Å². The van der Waals surface area contributed by atoms with Crippen LogP contribution in [0.3, 0.4) is 0 Å². The van der Waals surface area contributed by atoms with Crippen molar-refractivity contribution >= 4 is 6.03 Å². The van der Waals surface area contributed by atoms with Gasteiger partial charge in [0.05, 0.1) is 0 Å². The fraction of sp³-hybridized carbons (Fsp3) is 0.632. The van der Waals surface area contributed by atoms with Gasteiger partial charge < -0.3 is 15.7 Å². The molecule has 1 aromatic carbocycles. The average molecular weight is 316 g/mol. The summed E-state index contributed by atoms with van der Waals surface area (Å²) in [6.45, 7) is 3.15. The van der Waals surface area contributed by atoms with Gasteiger partial charge in [-0.15, -0.1) is 0 Å². The van der Waals surface area contributed by atoms with Crippen molar-refractivity contribution in [2.24, 2.45) is 11.3 Å². The third kappa shape index (κ3) is 3.52. The van der Waals surface area contributed by atoms with E-state index in [1.54, 1.807) is 0 Å². The summed E-state index contributed by atoms with van der Waals surface area (Å²) < 4.78 is 0.